The Morgan fingerprint density at radius 2 is 1.41 bits per heavy atom. The van der Waals surface area contributed by atoms with Crippen molar-refractivity contribution in [1.29, 1.82) is 0 Å². The predicted octanol–water partition coefficient (Wildman–Crippen LogP) is 4.88. The van der Waals surface area contributed by atoms with Gasteiger partial charge in [0.1, 0.15) is 5.52 Å². The summed E-state index contributed by atoms with van der Waals surface area (Å²) < 4.78 is 2.30. The van der Waals surface area contributed by atoms with E-state index in [1.807, 2.05) is 30.3 Å². The molecule has 0 aliphatic rings. The Kier molecular flexibility index (Phi) is 3.61. The van der Waals surface area contributed by atoms with Crippen molar-refractivity contribution >= 4 is 27.8 Å². The molecular weight excluding hydrogens is 332 g/mol. The SMILES string of the molecule is Nc1nnc2c3ccccc3n(Cc3ccccc3)c2c1-c1ccccc1. The van der Waals surface area contributed by atoms with Gasteiger partial charge in [-0.2, -0.15) is 0 Å². The van der Waals surface area contributed by atoms with Crippen LogP contribution in [-0.4, -0.2) is 14.8 Å². The highest BCUT2D eigenvalue weighted by molar-refractivity contribution is 6.11. The summed E-state index contributed by atoms with van der Waals surface area (Å²) in [6, 6.07) is 28.9. The van der Waals surface area contributed by atoms with Crippen LogP contribution < -0.4 is 5.73 Å². The van der Waals surface area contributed by atoms with E-state index in [1.165, 1.54) is 5.56 Å². The maximum Gasteiger partial charge on any atom is 0.156 e. The summed E-state index contributed by atoms with van der Waals surface area (Å²) in [7, 11) is 0. The second kappa shape index (κ2) is 6.25. The first-order chi connectivity index (χ1) is 13.3. The van der Waals surface area contributed by atoms with Crippen LogP contribution >= 0.6 is 0 Å². The van der Waals surface area contributed by atoms with Gasteiger partial charge in [-0.1, -0.05) is 78.9 Å². The minimum atomic E-state index is 0.450. The Hall–Kier alpha value is -3.66. The Morgan fingerprint density at radius 3 is 2.19 bits per heavy atom. The highest BCUT2D eigenvalue weighted by atomic mass is 15.2. The fourth-order valence-electron chi connectivity index (χ4n) is 3.73. The summed E-state index contributed by atoms with van der Waals surface area (Å²) in [6.45, 7) is 0.746. The van der Waals surface area contributed by atoms with E-state index in [-0.39, 0.29) is 0 Å². The lowest BCUT2D eigenvalue weighted by Crippen LogP contribution is -2.04. The molecule has 5 aromatic rings. The van der Waals surface area contributed by atoms with Gasteiger partial charge in [-0.15, -0.1) is 10.2 Å². The van der Waals surface area contributed by atoms with Gasteiger partial charge in [0.05, 0.1) is 16.6 Å². The Labute approximate surface area is 156 Å². The summed E-state index contributed by atoms with van der Waals surface area (Å²) in [5.74, 6) is 0.450. The number of aromatic nitrogens is 3. The summed E-state index contributed by atoms with van der Waals surface area (Å²) in [5.41, 5.74) is 12.6. The zero-order valence-electron chi connectivity index (χ0n) is 14.7. The lowest BCUT2D eigenvalue weighted by atomic mass is 10.1. The molecule has 0 saturated carbocycles. The third-order valence-corrected chi connectivity index (χ3v) is 4.94. The second-order valence-corrected chi connectivity index (χ2v) is 6.61. The molecule has 3 aromatic carbocycles. The summed E-state index contributed by atoms with van der Waals surface area (Å²) in [4.78, 5) is 0. The van der Waals surface area contributed by atoms with Crippen molar-refractivity contribution < 1.29 is 0 Å². The van der Waals surface area contributed by atoms with E-state index in [2.05, 4.69) is 69.4 Å². The molecule has 0 amide bonds. The smallest absolute Gasteiger partial charge is 0.156 e. The molecule has 0 saturated heterocycles. The van der Waals surface area contributed by atoms with Crippen LogP contribution in [0.4, 0.5) is 5.82 Å². The van der Waals surface area contributed by atoms with Gasteiger partial charge in [0.15, 0.2) is 5.82 Å². The van der Waals surface area contributed by atoms with Crippen LogP contribution in [0, 0.1) is 0 Å². The van der Waals surface area contributed by atoms with Crippen molar-refractivity contribution in [2.45, 2.75) is 6.54 Å². The molecule has 27 heavy (non-hydrogen) atoms. The highest BCUT2D eigenvalue weighted by Crippen LogP contribution is 2.37. The predicted molar refractivity (Wildman–Crippen MR) is 110 cm³/mol. The van der Waals surface area contributed by atoms with E-state index in [4.69, 9.17) is 5.73 Å². The van der Waals surface area contributed by atoms with Crippen molar-refractivity contribution in [2.75, 3.05) is 5.73 Å². The number of nitrogens with zero attached hydrogens (tertiary/aromatic N) is 3. The molecule has 2 heterocycles. The van der Waals surface area contributed by atoms with Crippen LogP contribution in [0.5, 0.6) is 0 Å². The number of anilines is 1. The van der Waals surface area contributed by atoms with Crippen molar-refractivity contribution in [1.82, 2.24) is 14.8 Å². The quantitative estimate of drug-likeness (QED) is 0.504. The van der Waals surface area contributed by atoms with Gasteiger partial charge >= 0.3 is 0 Å². The molecule has 130 valence electrons. The standard InChI is InChI=1S/C23H18N4/c24-23-20(17-11-5-2-6-12-17)22-21(25-26-23)18-13-7-8-14-19(18)27(22)15-16-9-3-1-4-10-16/h1-14H,15H2,(H2,24,26). The van der Waals surface area contributed by atoms with Crippen molar-refractivity contribution in [2.24, 2.45) is 0 Å². The van der Waals surface area contributed by atoms with Crippen molar-refractivity contribution in [3.63, 3.8) is 0 Å². The Morgan fingerprint density at radius 1 is 0.741 bits per heavy atom. The lowest BCUT2D eigenvalue weighted by molar-refractivity contribution is 0.867. The molecular formula is C23H18N4. The molecule has 5 rings (SSSR count). The highest BCUT2D eigenvalue weighted by Gasteiger charge is 2.19. The molecule has 2 aromatic heterocycles. The number of fused-ring (bicyclic) bond motifs is 3. The fourth-order valence-corrected chi connectivity index (χ4v) is 3.73. The monoisotopic (exact) mass is 350 g/mol. The van der Waals surface area contributed by atoms with Gasteiger partial charge in [-0.05, 0) is 17.2 Å². The molecule has 0 aliphatic heterocycles. The van der Waals surface area contributed by atoms with Gasteiger partial charge in [-0.3, -0.25) is 0 Å². The number of benzene rings is 3. The largest absolute Gasteiger partial charge is 0.382 e. The van der Waals surface area contributed by atoms with Gasteiger partial charge in [0.25, 0.3) is 0 Å². The first kappa shape index (κ1) is 15.6. The number of nitrogen functional groups attached to an aromatic ring is 1. The molecule has 0 unspecified atom stereocenters. The first-order valence-electron chi connectivity index (χ1n) is 8.95. The van der Waals surface area contributed by atoms with Gasteiger partial charge < -0.3 is 10.3 Å². The zero-order chi connectivity index (χ0) is 18.2. The molecule has 0 bridgehead atoms. The normalized spacial score (nSPS) is 11.3. The van der Waals surface area contributed by atoms with E-state index in [0.717, 1.165) is 39.6 Å². The third-order valence-electron chi connectivity index (χ3n) is 4.94. The number of rotatable bonds is 3. The molecule has 0 aliphatic carbocycles. The van der Waals surface area contributed by atoms with E-state index in [0.29, 0.717) is 5.82 Å². The molecule has 4 heteroatoms. The van der Waals surface area contributed by atoms with Crippen LogP contribution in [-0.2, 0) is 6.54 Å². The minimum absolute atomic E-state index is 0.450. The minimum Gasteiger partial charge on any atom is -0.382 e. The third kappa shape index (κ3) is 2.54. The van der Waals surface area contributed by atoms with Crippen LogP contribution in [0.15, 0.2) is 84.9 Å². The van der Waals surface area contributed by atoms with E-state index in [1.54, 1.807) is 0 Å². The molecule has 0 spiro atoms. The second-order valence-electron chi connectivity index (χ2n) is 6.61. The molecule has 0 atom stereocenters. The zero-order valence-corrected chi connectivity index (χ0v) is 14.7. The Bertz CT molecular complexity index is 1240. The van der Waals surface area contributed by atoms with Gasteiger partial charge in [0, 0.05) is 11.9 Å². The number of hydrogen-bond acceptors (Lipinski definition) is 3. The number of para-hydroxylation sites is 1. The Balaban J connectivity index is 1.89. The molecule has 2 N–H and O–H groups in total. The molecule has 0 radical (unpaired) electrons. The average Bonchev–Trinajstić information content (AvgIpc) is 3.03. The maximum atomic E-state index is 6.32. The van der Waals surface area contributed by atoms with Crippen LogP contribution in [0.25, 0.3) is 33.1 Å². The van der Waals surface area contributed by atoms with Crippen LogP contribution in [0.2, 0.25) is 0 Å². The van der Waals surface area contributed by atoms with E-state index >= 15 is 0 Å². The van der Waals surface area contributed by atoms with Crippen LogP contribution in [0.3, 0.4) is 0 Å². The summed E-state index contributed by atoms with van der Waals surface area (Å²) >= 11 is 0. The number of hydrogen-bond donors (Lipinski definition) is 1. The van der Waals surface area contributed by atoms with Gasteiger partial charge in [0.2, 0.25) is 0 Å². The van der Waals surface area contributed by atoms with Crippen LogP contribution in [0.1, 0.15) is 5.56 Å². The lowest BCUT2D eigenvalue weighted by Gasteiger charge is -2.12. The number of nitrogens with two attached hydrogens (primary N) is 1. The fraction of sp³-hybridized carbons (Fsp3) is 0.0435. The average molecular weight is 350 g/mol. The van der Waals surface area contributed by atoms with E-state index in [9.17, 15) is 0 Å². The molecule has 0 fully saturated rings. The van der Waals surface area contributed by atoms with Gasteiger partial charge in [-0.25, -0.2) is 0 Å². The summed E-state index contributed by atoms with van der Waals surface area (Å²) in [6.07, 6.45) is 0. The maximum absolute atomic E-state index is 6.32. The van der Waals surface area contributed by atoms with E-state index < -0.39 is 0 Å². The van der Waals surface area contributed by atoms with Crippen molar-refractivity contribution in [3.05, 3.63) is 90.5 Å². The molecule has 4 nitrogen and oxygen atoms in total. The topological polar surface area (TPSA) is 56.7 Å². The first-order valence-corrected chi connectivity index (χ1v) is 8.95. The summed E-state index contributed by atoms with van der Waals surface area (Å²) in [5, 5.41) is 9.82. The van der Waals surface area contributed by atoms with Crippen molar-refractivity contribution in [3.8, 4) is 11.1 Å².